The van der Waals surface area contributed by atoms with Crippen LogP contribution in [0.1, 0.15) is 29.7 Å². The molecule has 146 valence electrons. The average molecular weight is 382 g/mol. The van der Waals surface area contributed by atoms with Crippen LogP contribution in [0.2, 0.25) is 0 Å². The lowest BCUT2D eigenvalue weighted by molar-refractivity contribution is -0.120. The van der Waals surface area contributed by atoms with Crippen LogP contribution in [0.3, 0.4) is 0 Å². The van der Waals surface area contributed by atoms with Crippen molar-refractivity contribution >= 4 is 28.5 Å². The molecule has 6 nitrogen and oxygen atoms in total. The first-order chi connectivity index (χ1) is 13.4. The van der Waals surface area contributed by atoms with Gasteiger partial charge in [-0.15, -0.1) is 0 Å². The molecule has 1 atom stereocenters. The highest BCUT2D eigenvalue weighted by Gasteiger charge is 2.29. The van der Waals surface area contributed by atoms with Crippen LogP contribution in [0.4, 0.5) is 15.9 Å². The van der Waals surface area contributed by atoms with Gasteiger partial charge < -0.3 is 14.6 Å². The number of carbonyl (C=O) groups is 1. The molecule has 1 aliphatic heterocycles. The fourth-order valence-corrected chi connectivity index (χ4v) is 3.79. The van der Waals surface area contributed by atoms with E-state index in [1.807, 2.05) is 13.8 Å². The first kappa shape index (κ1) is 18.4. The second-order valence-corrected chi connectivity index (χ2v) is 7.39. The van der Waals surface area contributed by atoms with Crippen molar-refractivity contribution in [2.45, 2.75) is 33.6 Å². The number of fused-ring (bicyclic) bond motifs is 1. The van der Waals surface area contributed by atoms with Crippen molar-refractivity contribution in [2.24, 2.45) is 5.92 Å². The maximum Gasteiger partial charge on any atom is 0.231 e. The summed E-state index contributed by atoms with van der Waals surface area (Å²) in [5.41, 5.74) is 2.96. The van der Waals surface area contributed by atoms with Crippen LogP contribution in [0.5, 0.6) is 0 Å². The molecule has 28 heavy (non-hydrogen) atoms. The third-order valence-electron chi connectivity index (χ3n) is 5.48. The number of nitrogens with one attached hydrogen (secondary N) is 1. The average Bonchev–Trinajstić information content (AvgIpc) is 2.98. The second-order valence-electron chi connectivity index (χ2n) is 7.39. The van der Waals surface area contributed by atoms with E-state index in [0.717, 1.165) is 41.9 Å². The highest BCUT2D eigenvalue weighted by molar-refractivity contribution is 5.94. The zero-order chi connectivity index (χ0) is 19.8. The monoisotopic (exact) mass is 382 g/mol. The van der Waals surface area contributed by atoms with Crippen molar-refractivity contribution in [1.29, 1.82) is 0 Å². The van der Waals surface area contributed by atoms with Gasteiger partial charge in [-0.25, -0.2) is 14.4 Å². The number of carbonyl (C=O) groups excluding carboxylic acids is 1. The number of nitrogens with zero attached hydrogens (tertiary/aromatic N) is 3. The summed E-state index contributed by atoms with van der Waals surface area (Å²) in [6.07, 6.45) is 3.20. The number of rotatable bonds is 3. The van der Waals surface area contributed by atoms with E-state index in [0.29, 0.717) is 23.5 Å². The molecule has 7 heteroatoms. The van der Waals surface area contributed by atoms with Gasteiger partial charge in [0.15, 0.2) is 0 Å². The fourth-order valence-electron chi connectivity index (χ4n) is 3.79. The van der Waals surface area contributed by atoms with E-state index in [4.69, 9.17) is 4.42 Å². The van der Waals surface area contributed by atoms with E-state index in [-0.39, 0.29) is 17.6 Å². The summed E-state index contributed by atoms with van der Waals surface area (Å²) in [4.78, 5) is 23.7. The van der Waals surface area contributed by atoms with Crippen LogP contribution in [-0.4, -0.2) is 29.0 Å². The first-order valence-corrected chi connectivity index (χ1v) is 9.46. The van der Waals surface area contributed by atoms with E-state index >= 15 is 0 Å². The second kappa shape index (κ2) is 7.22. The standard InChI is InChI=1S/C21H23FN4O2/c1-12-9-16(22)6-7-17(12)25-20(27)15-5-4-8-26(10-15)19-18-13(2)14(3)28-21(18)24-11-23-19/h6-7,9,11,15H,4-5,8,10H2,1-3H3,(H,25,27)/t15-/m1/s1. The minimum atomic E-state index is -0.308. The van der Waals surface area contributed by atoms with Crippen molar-refractivity contribution in [3.63, 3.8) is 0 Å². The Labute approximate surface area is 162 Å². The van der Waals surface area contributed by atoms with Crippen molar-refractivity contribution in [2.75, 3.05) is 23.3 Å². The smallest absolute Gasteiger partial charge is 0.231 e. The number of amides is 1. The molecule has 3 heterocycles. The van der Waals surface area contributed by atoms with E-state index in [1.165, 1.54) is 18.5 Å². The molecule has 0 spiro atoms. The third-order valence-corrected chi connectivity index (χ3v) is 5.48. The van der Waals surface area contributed by atoms with Crippen LogP contribution >= 0.6 is 0 Å². The van der Waals surface area contributed by atoms with Gasteiger partial charge in [-0.3, -0.25) is 4.79 Å². The Hall–Kier alpha value is -2.96. The van der Waals surface area contributed by atoms with Gasteiger partial charge in [0.2, 0.25) is 11.6 Å². The third kappa shape index (κ3) is 3.32. The lowest BCUT2D eigenvalue weighted by atomic mass is 9.96. The van der Waals surface area contributed by atoms with Gasteiger partial charge in [-0.05, 0) is 57.4 Å². The number of furan rings is 1. The topological polar surface area (TPSA) is 71.3 Å². The number of hydrogen-bond acceptors (Lipinski definition) is 5. The predicted molar refractivity (Wildman–Crippen MR) is 106 cm³/mol. The summed E-state index contributed by atoms with van der Waals surface area (Å²) < 4.78 is 19.0. The number of aryl methyl sites for hydroxylation is 3. The summed E-state index contributed by atoms with van der Waals surface area (Å²) in [6.45, 7) is 7.10. The molecule has 0 unspecified atom stereocenters. The normalized spacial score (nSPS) is 17.1. The number of piperidine rings is 1. The van der Waals surface area contributed by atoms with Crippen LogP contribution < -0.4 is 10.2 Å². The molecule has 0 bridgehead atoms. The van der Waals surface area contributed by atoms with E-state index in [9.17, 15) is 9.18 Å². The number of anilines is 2. The number of hydrogen-bond donors (Lipinski definition) is 1. The van der Waals surface area contributed by atoms with Gasteiger partial charge in [0.05, 0.1) is 11.3 Å². The molecule has 1 aliphatic rings. The summed E-state index contributed by atoms with van der Waals surface area (Å²) in [5.74, 6) is 1.11. The predicted octanol–water partition coefficient (Wildman–Crippen LogP) is 4.14. The maximum atomic E-state index is 13.3. The first-order valence-electron chi connectivity index (χ1n) is 9.46. The molecule has 1 amide bonds. The minimum Gasteiger partial charge on any atom is -0.443 e. The molecule has 1 fully saturated rings. The van der Waals surface area contributed by atoms with E-state index in [2.05, 4.69) is 20.2 Å². The van der Waals surface area contributed by atoms with Crippen LogP contribution in [0, 0.1) is 32.5 Å². The van der Waals surface area contributed by atoms with Gasteiger partial charge in [0, 0.05) is 24.3 Å². The van der Waals surface area contributed by atoms with Crippen LogP contribution in [-0.2, 0) is 4.79 Å². The highest BCUT2D eigenvalue weighted by atomic mass is 19.1. The van der Waals surface area contributed by atoms with E-state index in [1.54, 1.807) is 13.0 Å². The summed E-state index contributed by atoms with van der Waals surface area (Å²) >= 11 is 0. The molecule has 1 saturated heterocycles. The molecular formula is C21H23FN4O2. The molecule has 1 aromatic carbocycles. The van der Waals surface area contributed by atoms with Crippen molar-refractivity contribution in [1.82, 2.24) is 9.97 Å². The quantitative estimate of drug-likeness (QED) is 0.737. The Balaban J connectivity index is 1.56. The molecule has 0 aliphatic carbocycles. The number of halogens is 1. The Morgan fingerprint density at radius 2 is 2.11 bits per heavy atom. The van der Waals surface area contributed by atoms with Gasteiger partial charge >= 0.3 is 0 Å². The van der Waals surface area contributed by atoms with Crippen LogP contribution in [0.15, 0.2) is 28.9 Å². The Kier molecular flexibility index (Phi) is 4.75. The van der Waals surface area contributed by atoms with E-state index < -0.39 is 0 Å². The van der Waals surface area contributed by atoms with Gasteiger partial charge in [0.1, 0.15) is 23.7 Å². The number of aromatic nitrogens is 2. The molecule has 4 rings (SSSR count). The lowest BCUT2D eigenvalue weighted by Crippen LogP contribution is -2.41. The Bertz CT molecular complexity index is 1050. The molecule has 3 aromatic rings. The molecule has 0 saturated carbocycles. The van der Waals surface area contributed by atoms with Gasteiger partial charge in [-0.1, -0.05) is 0 Å². The van der Waals surface area contributed by atoms with Crippen LogP contribution in [0.25, 0.3) is 11.1 Å². The number of benzene rings is 1. The van der Waals surface area contributed by atoms with Gasteiger partial charge in [-0.2, -0.15) is 0 Å². The maximum absolute atomic E-state index is 13.3. The Morgan fingerprint density at radius 1 is 1.29 bits per heavy atom. The van der Waals surface area contributed by atoms with Crippen molar-refractivity contribution in [3.05, 3.63) is 47.2 Å². The summed E-state index contributed by atoms with van der Waals surface area (Å²) in [5, 5.41) is 3.86. The zero-order valence-corrected chi connectivity index (χ0v) is 16.3. The minimum absolute atomic E-state index is 0.0511. The fraction of sp³-hybridized carbons (Fsp3) is 0.381. The highest BCUT2D eigenvalue weighted by Crippen LogP contribution is 2.33. The largest absolute Gasteiger partial charge is 0.443 e. The molecule has 1 N–H and O–H groups in total. The SMILES string of the molecule is Cc1cc(F)ccc1NC(=O)[C@@H]1CCCN(c2ncnc3oc(C)c(C)c23)C1. The molecule has 2 aromatic heterocycles. The molecule has 0 radical (unpaired) electrons. The Morgan fingerprint density at radius 3 is 2.89 bits per heavy atom. The van der Waals surface area contributed by atoms with Crippen molar-refractivity contribution < 1.29 is 13.6 Å². The molecular weight excluding hydrogens is 359 g/mol. The summed E-state index contributed by atoms with van der Waals surface area (Å²) in [6, 6.07) is 4.39. The lowest BCUT2D eigenvalue weighted by Gasteiger charge is -2.33. The zero-order valence-electron chi connectivity index (χ0n) is 16.3. The van der Waals surface area contributed by atoms with Gasteiger partial charge in [0.25, 0.3) is 0 Å². The van der Waals surface area contributed by atoms with Crippen molar-refractivity contribution in [3.8, 4) is 0 Å². The summed E-state index contributed by atoms with van der Waals surface area (Å²) in [7, 11) is 0.